The number of hydrogen-bond acceptors (Lipinski definition) is 5. The summed E-state index contributed by atoms with van der Waals surface area (Å²) in [6.45, 7) is 1.02. The predicted octanol–water partition coefficient (Wildman–Crippen LogP) is 2.91. The van der Waals surface area contributed by atoms with Gasteiger partial charge in [0.1, 0.15) is 11.5 Å². The van der Waals surface area contributed by atoms with Gasteiger partial charge in [-0.15, -0.1) is 0 Å². The molecule has 0 saturated carbocycles. The third-order valence-corrected chi connectivity index (χ3v) is 8.37. The zero-order chi connectivity index (χ0) is 22.7. The third kappa shape index (κ3) is 4.61. The van der Waals surface area contributed by atoms with Gasteiger partial charge in [0.25, 0.3) is 0 Å². The van der Waals surface area contributed by atoms with Crippen LogP contribution in [0, 0.1) is 5.92 Å². The molecule has 0 spiro atoms. The summed E-state index contributed by atoms with van der Waals surface area (Å²) in [4.78, 5) is 13.1. The molecule has 0 atom stereocenters. The Morgan fingerprint density at radius 3 is 2.50 bits per heavy atom. The minimum Gasteiger partial charge on any atom is -0.497 e. The van der Waals surface area contributed by atoms with E-state index in [0.29, 0.717) is 48.9 Å². The SMILES string of the molecule is COc1ccc(OC)c(CNC(=O)C2CCN(S(=O)(=O)c3ccc4c(c3)CCC4)CC2)c1. The van der Waals surface area contributed by atoms with Crippen LogP contribution in [-0.4, -0.2) is 45.9 Å². The van der Waals surface area contributed by atoms with Crippen LogP contribution >= 0.6 is 0 Å². The molecule has 1 N–H and O–H groups in total. The maximum atomic E-state index is 13.1. The molecule has 32 heavy (non-hydrogen) atoms. The number of sulfonamides is 1. The molecule has 1 heterocycles. The fourth-order valence-electron chi connectivity index (χ4n) is 4.56. The molecule has 0 unspecified atom stereocenters. The molecule has 0 radical (unpaired) electrons. The van der Waals surface area contributed by atoms with E-state index in [1.165, 1.54) is 9.87 Å². The number of amides is 1. The maximum Gasteiger partial charge on any atom is 0.243 e. The minimum atomic E-state index is -3.53. The van der Waals surface area contributed by atoms with Crippen molar-refractivity contribution in [2.75, 3.05) is 27.3 Å². The molecular formula is C24H30N2O5S. The summed E-state index contributed by atoms with van der Waals surface area (Å²) in [5.74, 6) is 1.10. The zero-order valence-corrected chi connectivity index (χ0v) is 19.4. The number of methoxy groups -OCH3 is 2. The van der Waals surface area contributed by atoms with Crippen LogP contribution < -0.4 is 14.8 Å². The highest BCUT2D eigenvalue weighted by atomic mass is 32.2. The van der Waals surface area contributed by atoms with Gasteiger partial charge in [-0.1, -0.05) is 6.07 Å². The van der Waals surface area contributed by atoms with Crippen LogP contribution in [0.2, 0.25) is 0 Å². The Morgan fingerprint density at radius 1 is 1.03 bits per heavy atom. The smallest absolute Gasteiger partial charge is 0.243 e. The Balaban J connectivity index is 1.35. The van der Waals surface area contributed by atoms with Crippen molar-refractivity contribution in [3.63, 3.8) is 0 Å². The van der Waals surface area contributed by atoms with Crippen LogP contribution in [-0.2, 0) is 34.2 Å². The predicted molar refractivity (Wildman–Crippen MR) is 121 cm³/mol. The van der Waals surface area contributed by atoms with Gasteiger partial charge in [-0.2, -0.15) is 4.31 Å². The highest BCUT2D eigenvalue weighted by molar-refractivity contribution is 7.89. The van der Waals surface area contributed by atoms with Crippen molar-refractivity contribution in [2.45, 2.75) is 43.5 Å². The Morgan fingerprint density at radius 2 is 1.78 bits per heavy atom. The first kappa shape index (κ1) is 22.6. The Bertz CT molecular complexity index is 1090. The van der Waals surface area contributed by atoms with Crippen LogP contribution in [0.1, 0.15) is 36.0 Å². The molecule has 8 heteroatoms. The van der Waals surface area contributed by atoms with E-state index in [2.05, 4.69) is 5.32 Å². The van der Waals surface area contributed by atoms with E-state index in [1.807, 2.05) is 24.3 Å². The molecular weight excluding hydrogens is 428 g/mol. The molecule has 1 aliphatic carbocycles. The van der Waals surface area contributed by atoms with Crippen molar-refractivity contribution in [1.29, 1.82) is 0 Å². The number of hydrogen-bond donors (Lipinski definition) is 1. The molecule has 1 amide bonds. The highest BCUT2D eigenvalue weighted by Gasteiger charge is 2.32. The number of benzene rings is 2. The van der Waals surface area contributed by atoms with E-state index in [1.54, 1.807) is 26.4 Å². The van der Waals surface area contributed by atoms with Crippen molar-refractivity contribution >= 4 is 15.9 Å². The van der Waals surface area contributed by atoms with Gasteiger partial charge in [0, 0.05) is 31.1 Å². The summed E-state index contributed by atoms with van der Waals surface area (Å²) in [6.07, 6.45) is 4.06. The standard InChI is InChI=1S/C24H30N2O5S/c1-30-21-7-9-23(31-2)20(14-21)16-25-24(27)18-10-12-26(13-11-18)32(28,29)22-8-6-17-4-3-5-19(17)15-22/h6-9,14-15,18H,3-5,10-13,16H2,1-2H3,(H,25,27). The summed E-state index contributed by atoms with van der Waals surface area (Å²) in [7, 11) is -0.354. The van der Waals surface area contributed by atoms with E-state index in [9.17, 15) is 13.2 Å². The first-order chi connectivity index (χ1) is 15.4. The first-order valence-corrected chi connectivity index (χ1v) is 12.5. The number of aryl methyl sites for hydroxylation is 2. The fraction of sp³-hybridized carbons (Fsp3) is 0.458. The summed E-state index contributed by atoms with van der Waals surface area (Å²) >= 11 is 0. The van der Waals surface area contributed by atoms with Crippen molar-refractivity contribution in [1.82, 2.24) is 9.62 Å². The third-order valence-electron chi connectivity index (χ3n) is 6.47. The number of piperidine rings is 1. The first-order valence-electron chi connectivity index (χ1n) is 11.0. The molecule has 2 aliphatic rings. The lowest BCUT2D eigenvalue weighted by atomic mass is 9.97. The van der Waals surface area contributed by atoms with E-state index in [-0.39, 0.29) is 11.8 Å². The molecule has 4 rings (SSSR count). The number of ether oxygens (including phenoxy) is 2. The molecule has 1 aliphatic heterocycles. The lowest BCUT2D eigenvalue weighted by Crippen LogP contribution is -2.42. The van der Waals surface area contributed by atoms with Gasteiger partial charge in [-0.05, 0) is 73.6 Å². The van der Waals surface area contributed by atoms with Gasteiger partial charge in [-0.3, -0.25) is 4.79 Å². The average molecular weight is 459 g/mol. The summed E-state index contributed by atoms with van der Waals surface area (Å²) < 4.78 is 38.3. The number of fused-ring (bicyclic) bond motifs is 1. The lowest BCUT2D eigenvalue weighted by molar-refractivity contribution is -0.126. The van der Waals surface area contributed by atoms with Gasteiger partial charge in [-0.25, -0.2) is 8.42 Å². The molecule has 172 valence electrons. The van der Waals surface area contributed by atoms with Crippen LogP contribution in [0.15, 0.2) is 41.3 Å². The second-order valence-electron chi connectivity index (χ2n) is 8.36. The summed E-state index contributed by atoms with van der Waals surface area (Å²) in [6, 6.07) is 11.0. The number of nitrogens with one attached hydrogen (secondary N) is 1. The Labute approximate surface area is 189 Å². The van der Waals surface area contributed by atoms with Crippen LogP contribution in [0.3, 0.4) is 0 Å². The second-order valence-corrected chi connectivity index (χ2v) is 10.3. The fourth-order valence-corrected chi connectivity index (χ4v) is 6.08. The number of carbonyl (C=O) groups excluding carboxylic acids is 1. The zero-order valence-electron chi connectivity index (χ0n) is 18.6. The maximum absolute atomic E-state index is 13.1. The Hall–Kier alpha value is -2.58. The van der Waals surface area contributed by atoms with Gasteiger partial charge in [0.2, 0.25) is 15.9 Å². The summed E-state index contributed by atoms with van der Waals surface area (Å²) in [5, 5.41) is 2.97. The molecule has 2 aromatic rings. The minimum absolute atomic E-state index is 0.0653. The number of nitrogens with zero attached hydrogens (tertiary/aromatic N) is 1. The Kier molecular flexibility index (Phi) is 6.71. The van der Waals surface area contributed by atoms with Gasteiger partial charge in [0.05, 0.1) is 19.1 Å². The highest BCUT2D eigenvalue weighted by Crippen LogP contribution is 2.29. The van der Waals surface area contributed by atoms with Crippen LogP contribution in [0.25, 0.3) is 0 Å². The van der Waals surface area contributed by atoms with Crippen molar-refractivity contribution < 1.29 is 22.7 Å². The van der Waals surface area contributed by atoms with Crippen molar-refractivity contribution in [2.24, 2.45) is 5.92 Å². The van der Waals surface area contributed by atoms with Crippen LogP contribution in [0.4, 0.5) is 0 Å². The average Bonchev–Trinajstić information content (AvgIpc) is 3.30. The van der Waals surface area contributed by atoms with Crippen molar-refractivity contribution in [3.8, 4) is 11.5 Å². The number of carbonyl (C=O) groups is 1. The molecule has 2 aromatic carbocycles. The lowest BCUT2D eigenvalue weighted by Gasteiger charge is -2.30. The molecule has 0 aromatic heterocycles. The topological polar surface area (TPSA) is 84.9 Å². The van der Waals surface area contributed by atoms with E-state index >= 15 is 0 Å². The molecule has 1 fully saturated rings. The summed E-state index contributed by atoms with van der Waals surface area (Å²) in [5.41, 5.74) is 3.23. The normalized spacial score (nSPS) is 17.1. The monoisotopic (exact) mass is 458 g/mol. The number of rotatable bonds is 7. The van der Waals surface area contributed by atoms with Gasteiger partial charge >= 0.3 is 0 Å². The largest absolute Gasteiger partial charge is 0.497 e. The van der Waals surface area contributed by atoms with E-state index in [0.717, 1.165) is 30.4 Å². The van der Waals surface area contributed by atoms with Crippen LogP contribution in [0.5, 0.6) is 11.5 Å². The quantitative estimate of drug-likeness (QED) is 0.690. The molecule has 0 bridgehead atoms. The van der Waals surface area contributed by atoms with E-state index in [4.69, 9.17) is 9.47 Å². The second kappa shape index (κ2) is 9.50. The van der Waals surface area contributed by atoms with Crippen molar-refractivity contribution in [3.05, 3.63) is 53.1 Å². The van der Waals surface area contributed by atoms with Gasteiger partial charge in [0.15, 0.2) is 0 Å². The van der Waals surface area contributed by atoms with E-state index < -0.39 is 10.0 Å². The molecule has 1 saturated heterocycles. The molecule has 7 nitrogen and oxygen atoms in total. The van der Waals surface area contributed by atoms with Gasteiger partial charge < -0.3 is 14.8 Å².